The van der Waals surface area contributed by atoms with E-state index in [0.717, 1.165) is 18.1 Å². The molecular formula is C12H22N2OS. The molecular weight excluding hydrogens is 220 g/mol. The third-order valence-corrected chi connectivity index (χ3v) is 3.81. The quantitative estimate of drug-likeness (QED) is 0.741. The SMILES string of the molecule is CC(NC(=S)NC1CCCC1)C1CCCO1. The third kappa shape index (κ3) is 3.32. The highest BCUT2D eigenvalue weighted by Gasteiger charge is 2.23. The van der Waals surface area contributed by atoms with Gasteiger partial charge in [-0.3, -0.25) is 0 Å². The Morgan fingerprint density at radius 1 is 1.25 bits per heavy atom. The average Bonchev–Trinajstić information content (AvgIpc) is 2.88. The Bertz CT molecular complexity index is 235. The van der Waals surface area contributed by atoms with Gasteiger partial charge in [0.15, 0.2) is 5.11 Å². The average molecular weight is 242 g/mol. The zero-order chi connectivity index (χ0) is 11.4. The number of rotatable bonds is 3. The van der Waals surface area contributed by atoms with Gasteiger partial charge in [0.1, 0.15) is 0 Å². The van der Waals surface area contributed by atoms with Crippen LogP contribution in [0, 0.1) is 0 Å². The number of nitrogens with one attached hydrogen (secondary N) is 2. The number of thiocarbonyl (C=S) groups is 1. The van der Waals surface area contributed by atoms with E-state index in [1.807, 2.05) is 0 Å². The van der Waals surface area contributed by atoms with Crippen molar-refractivity contribution in [2.24, 2.45) is 0 Å². The largest absolute Gasteiger partial charge is 0.376 e. The molecule has 1 saturated carbocycles. The number of hydrogen-bond acceptors (Lipinski definition) is 2. The van der Waals surface area contributed by atoms with Crippen LogP contribution in [0.2, 0.25) is 0 Å². The van der Waals surface area contributed by atoms with Gasteiger partial charge < -0.3 is 15.4 Å². The van der Waals surface area contributed by atoms with E-state index in [1.165, 1.54) is 32.1 Å². The molecule has 92 valence electrons. The summed E-state index contributed by atoms with van der Waals surface area (Å²) in [6, 6.07) is 0.917. The monoisotopic (exact) mass is 242 g/mol. The first kappa shape index (κ1) is 12.1. The molecule has 0 amide bonds. The van der Waals surface area contributed by atoms with Crippen molar-refractivity contribution in [2.45, 2.75) is 63.6 Å². The van der Waals surface area contributed by atoms with Gasteiger partial charge in [0, 0.05) is 12.6 Å². The maximum atomic E-state index is 5.64. The molecule has 1 heterocycles. The summed E-state index contributed by atoms with van der Waals surface area (Å²) in [6.45, 7) is 3.05. The molecule has 0 spiro atoms. The van der Waals surface area contributed by atoms with E-state index in [0.29, 0.717) is 18.2 Å². The van der Waals surface area contributed by atoms with Gasteiger partial charge in [0.25, 0.3) is 0 Å². The molecule has 0 bridgehead atoms. The van der Waals surface area contributed by atoms with E-state index in [9.17, 15) is 0 Å². The van der Waals surface area contributed by atoms with Gasteiger partial charge in [-0.15, -0.1) is 0 Å². The molecule has 16 heavy (non-hydrogen) atoms. The minimum absolute atomic E-state index is 0.323. The minimum Gasteiger partial charge on any atom is -0.376 e. The molecule has 0 aromatic rings. The van der Waals surface area contributed by atoms with Gasteiger partial charge in [0.2, 0.25) is 0 Å². The van der Waals surface area contributed by atoms with Crippen LogP contribution < -0.4 is 10.6 Å². The van der Waals surface area contributed by atoms with Gasteiger partial charge in [-0.2, -0.15) is 0 Å². The van der Waals surface area contributed by atoms with Crippen LogP contribution in [0.25, 0.3) is 0 Å². The third-order valence-electron chi connectivity index (χ3n) is 3.57. The van der Waals surface area contributed by atoms with Gasteiger partial charge in [-0.05, 0) is 44.8 Å². The molecule has 2 aliphatic rings. The first-order chi connectivity index (χ1) is 7.75. The standard InChI is InChI=1S/C12H22N2OS/c1-9(11-7-4-8-15-11)13-12(16)14-10-5-2-3-6-10/h9-11H,2-8H2,1H3,(H2,13,14,16). The van der Waals surface area contributed by atoms with Crippen molar-refractivity contribution in [1.29, 1.82) is 0 Å². The second-order valence-electron chi connectivity index (χ2n) is 4.94. The molecule has 1 saturated heterocycles. The predicted octanol–water partition coefficient (Wildman–Crippen LogP) is 1.96. The lowest BCUT2D eigenvalue weighted by Crippen LogP contribution is -2.48. The van der Waals surface area contributed by atoms with Crippen molar-refractivity contribution < 1.29 is 4.74 Å². The Morgan fingerprint density at radius 2 is 2.00 bits per heavy atom. The van der Waals surface area contributed by atoms with E-state index < -0.39 is 0 Å². The number of ether oxygens (including phenoxy) is 1. The fraction of sp³-hybridized carbons (Fsp3) is 0.917. The van der Waals surface area contributed by atoms with Crippen molar-refractivity contribution in [3.63, 3.8) is 0 Å². The molecule has 2 fully saturated rings. The van der Waals surface area contributed by atoms with Crippen LogP contribution in [0.4, 0.5) is 0 Å². The smallest absolute Gasteiger partial charge is 0.166 e. The summed E-state index contributed by atoms with van der Waals surface area (Å²) in [6.07, 6.45) is 7.86. The van der Waals surface area contributed by atoms with Crippen LogP contribution in [-0.2, 0) is 4.74 Å². The normalized spacial score (nSPS) is 27.9. The molecule has 1 aliphatic heterocycles. The molecule has 0 aromatic heterocycles. The van der Waals surface area contributed by atoms with Gasteiger partial charge in [0.05, 0.1) is 12.1 Å². The summed E-state index contributed by atoms with van der Waals surface area (Å²) < 4.78 is 5.64. The first-order valence-electron chi connectivity index (χ1n) is 6.44. The summed E-state index contributed by atoms with van der Waals surface area (Å²) in [5, 5.41) is 7.54. The summed E-state index contributed by atoms with van der Waals surface area (Å²) in [7, 11) is 0. The first-order valence-corrected chi connectivity index (χ1v) is 6.85. The van der Waals surface area contributed by atoms with Crippen LogP contribution in [0.3, 0.4) is 0 Å². The molecule has 2 rings (SSSR count). The van der Waals surface area contributed by atoms with E-state index >= 15 is 0 Å². The predicted molar refractivity (Wildman–Crippen MR) is 69.6 cm³/mol. The molecule has 0 aromatic carbocycles. The lowest BCUT2D eigenvalue weighted by atomic mass is 10.1. The van der Waals surface area contributed by atoms with Crippen LogP contribution >= 0.6 is 12.2 Å². The van der Waals surface area contributed by atoms with Crippen LogP contribution in [-0.4, -0.2) is 29.9 Å². The highest BCUT2D eigenvalue weighted by molar-refractivity contribution is 7.80. The van der Waals surface area contributed by atoms with E-state index in [1.54, 1.807) is 0 Å². The van der Waals surface area contributed by atoms with E-state index in [2.05, 4.69) is 17.6 Å². The van der Waals surface area contributed by atoms with Gasteiger partial charge in [-0.25, -0.2) is 0 Å². The maximum absolute atomic E-state index is 5.64. The zero-order valence-corrected chi connectivity index (χ0v) is 10.8. The van der Waals surface area contributed by atoms with Crippen molar-refractivity contribution >= 4 is 17.3 Å². The lowest BCUT2D eigenvalue weighted by Gasteiger charge is -2.23. The fourth-order valence-corrected chi connectivity index (χ4v) is 2.95. The van der Waals surface area contributed by atoms with Crippen molar-refractivity contribution in [2.75, 3.05) is 6.61 Å². The molecule has 0 radical (unpaired) electrons. The Labute approximate surface area is 103 Å². The Hall–Kier alpha value is -0.350. The van der Waals surface area contributed by atoms with Crippen LogP contribution in [0.5, 0.6) is 0 Å². The minimum atomic E-state index is 0.323. The molecule has 1 aliphatic carbocycles. The molecule has 2 N–H and O–H groups in total. The summed E-state index contributed by atoms with van der Waals surface area (Å²) in [5.74, 6) is 0. The Kier molecular flexibility index (Phi) is 4.41. The van der Waals surface area contributed by atoms with Crippen molar-refractivity contribution in [3.8, 4) is 0 Å². The molecule has 3 nitrogen and oxygen atoms in total. The summed E-state index contributed by atoms with van der Waals surface area (Å²) in [4.78, 5) is 0. The lowest BCUT2D eigenvalue weighted by molar-refractivity contribution is 0.0892. The topological polar surface area (TPSA) is 33.3 Å². The fourth-order valence-electron chi connectivity index (χ4n) is 2.59. The van der Waals surface area contributed by atoms with Gasteiger partial charge in [-0.1, -0.05) is 12.8 Å². The maximum Gasteiger partial charge on any atom is 0.166 e. The molecule has 2 unspecified atom stereocenters. The Balaban J connectivity index is 1.68. The second kappa shape index (κ2) is 5.82. The number of hydrogen-bond donors (Lipinski definition) is 2. The molecule has 2 atom stereocenters. The molecule has 4 heteroatoms. The zero-order valence-electron chi connectivity index (χ0n) is 10.00. The van der Waals surface area contributed by atoms with Crippen LogP contribution in [0.15, 0.2) is 0 Å². The highest BCUT2D eigenvalue weighted by atomic mass is 32.1. The highest BCUT2D eigenvalue weighted by Crippen LogP contribution is 2.18. The summed E-state index contributed by atoms with van der Waals surface area (Å²) in [5.41, 5.74) is 0. The van der Waals surface area contributed by atoms with E-state index in [-0.39, 0.29) is 0 Å². The van der Waals surface area contributed by atoms with Crippen LogP contribution in [0.1, 0.15) is 45.4 Å². The van der Waals surface area contributed by atoms with Crippen molar-refractivity contribution in [3.05, 3.63) is 0 Å². The van der Waals surface area contributed by atoms with E-state index in [4.69, 9.17) is 17.0 Å². The van der Waals surface area contributed by atoms with Crippen molar-refractivity contribution in [1.82, 2.24) is 10.6 Å². The Morgan fingerprint density at radius 3 is 2.62 bits per heavy atom. The van der Waals surface area contributed by atoms with Gasteiger partial charge >= 0.3 is 0 Å². The second-order valence-corrected chi connectivity index (χ2v) is 5.35. The summed E-state index contributed by atoms with van der Waals surface area (Å²) >= 11 is 5.32.